The van der Waals surface area contributed by atoms with Gasteiger partial charge in [-0.15, -0.1) is 0 Å². The van der Waals surface area contributed by atoms with Crippen molar-refractivity contribution in [3.63, 3.8) is 0 Å². The minimum Gasteiger partial charge on any atom is -0.359 e. The first-order chi connectivity index (χ1) is 7.13. The Morgan fingerprint density at radius 1 is 1.53 bits per heavy atom. The predicted molar refractivity (Wildman–Crippen MR) is 59.4 cm³/mol. The molecule has 1 rings (SSSR count). The van der Waals surface area contributed by atoms with Gasteiger partial charge in [0, 0.05) is 19.7 Å². The largest absolute Gasteiger partial charge is 0.359 e. The fourth-order valence-electron chi connectivity index (χ4n) is 1.32. The fourth-order valence-corrected chi connectivity index (χ4v) is 1.32. The van der Waals surface area contributed by atoms with Crippen LogP contribution in [0.3, 0.4) is 0 Å². The van der Waals surface area contributed by atoms with Gasteiger partial charge in [0.1, 0.15) is 18.0 Å². The summed E-state index contributed by atoms with van der Waals surface area (Å²) >= 11 is 0. The Labute approximate surface area is 89.8 Å². The first-order valence-electron chi connectivity index (χ1n) is 4.81. The second-order valence-electron chi connectivity index (χ2n) is 3.77. The van der Waals surface area contributed by atoms with E-state index in [9.17, 15) is 0 Å². The summed E-state index contributed by atoms with van der Waals surface area (Å²) in [6.45, 7) is 5.21. The monoisotopic (exact) mass is 205 g/mol. The minimum absolute atomic E-state index is 0.526. The highest BCUT2D eigenvalue weighted by molar-refractivity contribution is 5.49. The van der Waals surface area contributed by atoms with Crippen LogP contribution in [0.4, 0.5) is 11.6 Å². The summed E-state index contributed by atoms with van der Waals surface area (Å²) in [5, 5.41) is 10.9. The van der Waals surface area contributed by atoms with E-state index in [1.54, 1.807) is 6.07 Å². The molecule has 1 N–H and O–H groups in total. The van der Waals surface area contributed by atoms with E-state index in [4.69, 9.17) is 5.26 Å². The van der Waals surface area contributed by atoms with Crippen LogP contribution in [0.15, 0.2) is 12.4 Å². The lowest BCUT2D eigenvalue weighted by atomic mass is 10.2. The second kappa shape index (κ2) is 5.15. The molecule has 0 fully saturated rings. The molecule has 0 saturated heterocycles. The maximum Gasteiger partial charge on any atom is 0.182 e. The predicted octanol–water partition coefficient (Wildman–Crippen LogP) is 1.46. The molecule has 1 heterocycles. The minimum atomic E-state index is 0.526. The van der Waals surface area contributed by atoms with Gasteiger partial charge in [-0.2, -0.15) is 5.26 Å². The molecule has 0 atom stereocenters. The molecule has 1 aromatic heterocycles. The maximum absolute atomic E-state index is 8.46. The molecule has 5 nitrogen and oxygen atoms in total. The van der Waals surface area contributed by atoms with E-state index in [0.29, 0.717) is 11.7 Å². The number of hydrogen-bond acceptors (Lipinski definition) is 5. The van der Waals surface area contributed by atoms with E-state index in [1.807, 2.05) is 18.1 Å². The van der Waals surface area contributed by atoms with Gasteiger partial charge in [0.2, 0.25) is 0 Å². The van der Waals surface area contributed by atoms with Crippen LogP contribution in [0.2, 0.25) is 0 Å². The Hall–Kier alpha value is -1.83. The summed E-state index contributed by atoms with van der Waals surface area (Å²) in [5.41, 5.74) is 0. The van der Waals surface area contributed by atoms with Crippen LogP contribution in [0, 0.1) is 17.4 Å². The average Bonchev–Trinajstić information content (AvgIpc) is 2.17. The summed E-state index contributed by atoms with van der Waals surface area (Å²) in [6, 6.07) is 1.76. The number of nitriles is 1. The molecular formula is C10H15N5. The van der Waals surface area contributed by atoms with E-state index in [0.717, 1.165) is 12.4 Å². The van der Waals surface area contributed by atoms with E-state index >= 15 is 0 Å². The third-order valence-corrected chi connectivity index (χ3v) is 1.87. The molecular weight excluding hydrogens is 190 g/mol. The molecule has 0 aliphatic heterocycles. The normalized spacial score (nSPS) is 9.80. The number of nitrogens with zero attached hydrogens (tertiary/aromatic N) is 4. The molecule has 0 aromatic carbocycles. The molecule has 1 aromatic rings. The van der Waals surface area contributed by atoms with E-state index < -0.39 is 0 Å². The topological polar surface area (TPSA) is 64.8 Å². The van der Waals surface area contributed by atoms with Gasteiger partial charge in [-0.1, -0.05) is 13.8 Å². The van der Waals surface area contributed by atoms with Crippen molar-refractivity contribution < 1.29 is 0 Å². The van der Waals surface area contributed by atoms with Crippen LogP contribution in [-0.2, 0) is 0 Å². The maximum atomic E-state index is 8.46. The molecule has 0 spiro atoms. The zero-order chi connectivity index (χ0) is 11.3. The van der Waals surface area contributed by atoms with Crippen molar-refractivity contribution in [2.75, 3.05) is 23.8 Å². The number of rotatable bonds is 4. The Morgan fingerprint density at radius 2 is 2.27 bits per heavy atom. The zero-order valence-electron chi connectivity index (χ0n) is 9.23. The molecule has 0 saturated carbocycles. The SMILES string of the molecule is CC(C)CN(C)c1cc(NC#N)ncn1. The Balaban J connectivity index is 2.76. The van der Waals surface area contributed by atoms with E-state index in [1.165, 1.54) is 6.33 Å². The smallest absolute Gasteiger partial charge is 0.182 e. The Bertz CT molecular complexity index is 355. The van der Waals surface area contributed by atoms with Crippen molar-refractivity contribution in [1.29, 1.82) is 5.26 Å². The molecule has 0 aliphatic rings. The van der Waals surface area contributed by atoms with Crippen LogP contribution in [0.1, 0.15) is 13.8 Å². The summed E-state index contributed by atoms with van der Waals surface area (Å²) in [7, 11) is 1.97. The van der Waals surface area contributed by atoms with Crippen LogP contribution in [0.5, 0.6) is 0 Å². The molecule has 0 bridgehead atoms. The van der Waals surface area contributed by atoms with Crippen LogP contribution in [0.25, 0.3) is 0 Å². The van der Waals surface area contributed by atoms with Crippen LogP contribution in [-0.4, -0.2) is 23.6 Å². The van der Waals surface area contributed by atoms with Gasteiger partial charge in [0.15, 0.2) is 6.19 Å². The van der Waals surface area contributed by atoms with Gasteiger partial charge >= 0.3 is 0 Å². The van der Waals surface area contributed by atoms with Crippen molar-refractivity contribution in [2.45, 2.75) is 13.8 Å². The highest BCUT2D eigenvalue weighted by Crippen LogP contribution is 2.13. The standard InChI is InChI=1S/C10H15N5/c1-8(2)5-15(3)10-4-9(12-6-11)13-7-14-10/h4,7-8H,5H2,1-3H3,(H,12,13,14). The number of nitrogens with one attached hydrogen (secondary N) is 1. The lowest BCUT2D eigenvalue weighted by Gasteiger charge is -2.20. The summed E-state index contributed by atoms with van der Waals surface area (Å²) < 4.78 is 0. The molecule has 5 heteroatoms. The molecule has 15 heavy (non-hydrogen) atoms. The lowest BCUT2D eigenvalue weighted by Crippen LogP contribution is -2.23. The first-order valence-corrected chi connectivity index (χ1v) is 4.81. The van der Waals surface area contributed by atoms with E-state index in [-0.39, 0.29) is 0 Å². The fraction of sp³-hybridized carbons (Fsp3) is 0.500. The van der Waals surface area contributed by atoms with Crippen molar-refractivity contribution in [3.05, 3.63) is 12.4 Å². The highest BCUT2D eigenvalue weighted by atomic mass is 15.2. The van der Waals surface area contributed by atoms with Gasteiger partial charge in [-0.3, -0.25) is 5.32 Å². The summed E-state index contributed by atoms with van der Waals surface area (Å²) in [6.07, 6.45) is 3.28. The van der Waals surface area contributed by atoms with Crippen molar-refractivity contribution in [2.24, 2.45) is 5.92 Å². The van der Waals surface area contributed by atoms with Gasteiger partial charge in [0.05, 0.1) is 0 Å². The van der Waals surface area contributed by atoms with Gasteiger partial charge < -0.3 is 4.90 Å². The van der Waals surface area contributed by atoms with Crippen molar-refractivity contribution in [1.82, 2.24) is 9.97 Å². The van der Waals surface area contributed by atoms with Crippen LogP contribution >= 0.6 is 0 Å². The van der Waals surface area contributed by atoms with Crippen LogP contribution < -0.4 is 10.2 Å². The summed E-state index contributed by atoms with van der Waals surface area (Å²) in [4.78, 5) is 10.1. The number of aromatic nitrogens is 2. The molecule has 0 radical (unpaired) electrons. The van der Waals surface area contributed by atoms with E-state index in [2.05, 4.69) is 29.1 Å². The lowest BCUT2D eigenvalue weighted by molar-refractivity contribution is 0.634. The Kier molecular flexibility index (Phi) is 3.86. The van der Waals surface area contributed by atoms with Crippen molar-refractivity contribution >= 4 is 11.6 Å². The van der Waals surface area contributed by atoms with Gasteiger partial charge in [0.25, 0.3) is 0 Å². The number of anilines is 2. The zero-order valence-corrected chi connectivity index (χ0v) is 9.23. The third-order valence-electron chi connectivity index (χ3n) is 1.87. The number of hydrogen-bond donors (Lipinski definition) is 1. The summed E-state index contributed by atoms with van der Waals surface area (Å²) in [5.74, 6) is 1.91. The highest BCUT2D eigenvalue weighted by Gasteiger charge is 2.05. The molecule has 0 aliphatic carbocycles. The van der Waals surface area contributed by atoms with Gasteiger partial charge in [-0.25, -0.2) is 9.97 Å². The molecule has 0 amide bonds. The molecule has 0 unspecified atom stereocenters. The Morgan fingerprint density at radius 3 is 2.87 bits per heavy atom. The first kappa shape index (κ1) is 11.2. The third kappa shape index (κ3) is 3.43. The average molecular weight is 205 g/mol. The molecule has 80 valence electrons. The second-order valence-corrected chi connectivity index (χ2v) is 3.77. The van der Waals surface area contributed by atoms with Gasteiger partial charge in [-0.05, 0) is 5.92 Å². The quantitative estimate of drug-likeness (QED) is 0.595. The van der Waals surface area contributed by atoms with Crippen molar-refractivity contribution in [3.8, 4) is 6.19 Å².